The summed E-state index contributed by atoms with van der Waals surface area (Å²) in [6.45, 7) is 4.69. The molecule has 8 rings (SSSR count). The molecule has 206 valence electrons. The van der Waals surface area contributed by atoms with E-state index in [0.717, 1.165) is 16.4 Å². The predicted molar refractivity (Wildman–Crippen MR) is 185 cm³/mol. The number of hydrogen-bond donors (Lipinski definition) is 1. The first-order chi connectivity index (χ1) is 21.0. The number of benzene rings is 7. The van der Waals surface area contributed by atoms with Gasteiger partial charge in [0.25, 0.3) is 0 Å². The summed E-state index contributed by atoms with van der Waals surface area (Å²) >= 11 is 6.12. The van der Waals surface area contributed by atoms with Crippen molar-refractivity contribution >= 4 is 44.5 Å². The van der Waals surface area contributed by atoms with Crippen molar-refractivity contribution in [2.24, 2.45) is 0 Å². The van der Waals surface area contributed by atoms with Crippen molar-refractivity contribution in [2.75, 3.05) is 5.32 Å². The Morgan fingerprint density at radius 1 is 0.465 bits per heavy atom. The Morgan fingerprint density at radius 3 is 1.74 bits per heavy atom. The van der Waals surface area contributed by atoms with E-state index in [1.165, 1.54) is 66.1 Å². The van der Waals surface area contributed by atoms with Crippen molar-refractivity contribution < 1.29 is 0 Å². The zero-order chi connectivity index (χ0) is 29.1. The van der Waals surface area contributed by atoms with Crippen molar-refractivity contribution in [3.05, 3.63) is 156 Å². The summed E-state index contributed by atoms with van der Waals surface area (Å²) in [5.74, 6) is 0. The van der Waals surface area contributed by atoms with Gasteiger partial charge >= 0.3 is 0 Å². The molecule has 0 radical (unpaired) electrons. The molecule has 0 spiro atoms. The molecule has 0 atom stereocenters. The topological polar surface area (TPSA) is 12.0 Å². The third-order valence-corrected chi connectivity index (χ3v) is 9.41. The molecule has 1 aliphatic rings. The van der Waals surface area contributed by atoms with Crippen molar-refractivity contribution in [1.82, 2.24) is 0 Å². The fraction of sp³-hybridized carbons (Fsp3) is 0.0732. The summed E-state index contributed by atoms with van der Waals surface area (Å²) in [6, 6.07) is 50.2. The molecule has 1 N–H and O–H groups in total. The lowest BCUT2D eigenvalue weighted by atomic mass is 9.81. The van der Waals surface area contributed by atoms with E-state index in [1.807, 2.05) is 24.3 Å². The first-order valence-corrected chi connectivity index (χ1v) is 15.2. The van der Waals surface area contributed by atoms with E-state index in [2.05, 4.69) is 134 Å². The smallest absolute Gasteiger partial charge is 0.0464 e. The van der Waals surface area contributed by atoms with Gasteiger partial charge in [-0.2, -0.15) is 0 Å². The average Bonchev–Trinajstić information content (AvgIpc) is 3.28. The number of halogens is 1. The van der Waals surface area contributed by atoms with Gasteiger partial charge in [0.1, 0.15) is 0 Å². The van der Waals surface area contributed by atoms with Gasteiger partial charge in [-0.1, -0.05) is 129 Å². The minimum absolute atomic E-state index is 0.0294. The molecular weight excluding hydrogens is 542 g/mol. The fourth-order valence-electron chi connectivity index (χ4n) is 6.99. The maximum atomic E-state index is 6.12. The third-order valence-electron chi connectivity index (χ3n) is 9.16. The highest BCUT2D eigenvalue weighted by Crippen LogP contribution is 2.50. The Bertz CT molecular complexity index is 2190. The molecular formula is C41H30ClN. The number of fused-ring (bicyclic) bond motifs is 5. The normalized spacial score (nSPS) is 13.2. The van der Waals surface area contributed by atoms with Gasteiger partial charge in [-0.15, -0.1) is 0 Å². The minimum Gasteiger partial charge on any atom is -0.355 e. The zero-order valence-corrected chi connectivity index (χ0v) is 24.9. The molecule has 0 saturated carbocycles. The highest BCUT2D eigenvalue weighted by molar-refractivity contribution is 6.30. The molecule has 0 bridgehead atoms. The SMILES string of the molecule is CC1(C)c2ccccc2-c2ccc(-c3ccc(-c4ccc(Nc5ccc(Cl)cc5)c5ccccc45)c4ccccc34)cc21. The van der Waals surface area contributed by atoms with Crippen LogP contribution in [-0.4, -0.2) is 0 Å². The number of anilines is 2. The zero-order valence-electron chi connectivity index (χ0n) is 24.2. The van der Waals surface area contributed by atoms with Crippen molar-refractivity contribution in [3.8, 4) is 33.4 Å². The lowest BCUT2D eigenvalue weighted by Gasteiger charge is -2.22. The maximum absolute atomic E-state index is 6.12. The van der Waals surface area contributed by atoms with Gasteiger partial charge < -0.3 is 5.32 Å². The van der Waals surface area contributed by atoms with Crippen LogP contribution in [0.2, 0.25) is 5.02 Å². The van der Waals surface area contributed by atoms with E-state index < -0.39 is 0 Å². The van der Waals surface area contributed by atoms with Crippen LogP contribution >= 0.6 is 11.6 Å². The van der Waals surface area contributed by atoms with Crippen LogP contribution in [0.4, 0.5) is 11.4 Å². The van der Waals surface area contributed by atoms with Crippen LogP contribution in [0.5, 0.6) is 0 Å². The van der Waals surface area contributed by atoms with E-state index in [0.29, 0.717) is 0 Å². The minimum atomic E-state index is -0.0294. The highest BCUT2D eigenvalue weighted by atomic mass is 35.5. The molecule has 2 heteroatoms. The summed E-state index contributed by atoms with van der Waals surface area (Å²) < 4.78 is 0. The van der Waals surface area contributed by atoms with Crippen LogP contribution in [-0.2, 0) is 5.41 Å². The molecule has 7 aromatic carbocycles. The second-order valence-electron chi connectivity index (χ2n) is 12.0. The summed E-state index contributed by atoms with van der Waals surface area (Å²) in [5.41, 5.74) is 12.6. The van der Waals surface area contributed by atoms with Gasteiger partial charge in [-0.25, -0.2) is 0 Å². The summed E-state index contributed by atoms with van der Waals surface area (Å²) in [5, 5.41) is 9.25. The van der Waals surface area contributed by atoms with Crippen molar-refractivity contribution in [2.45, 2.75) is 19.3 Å². The molecule has 0 fully saturated rings. The molecule has 0 unspecified atom stereocenters. The van der Waals surface area contributed by atoms with Crippen molar-refractivity contribution in [1.29, 1.82) is 0 Å². The van der Waals surface area contributed by atoms with E-state index in [1.54, 1.807) is 0 Å². The largest absolute Gasteiger partial charge is 0.355 e. The van der Waals surface area contributed by atoms with Gasteiger partial charge in [0.2, 0.25) is 0 Å². The molecule has 0 amide bonds. The molecule has 1 nitrogen and oxygen atoms in total. The van der Waals surface area contributed by atoms with E-state index in [4.69, 9.17) is 11.6 Å². The third kappa shape index (κ3) is 4.15. The monoisotopic (exact) mass is 571 g/mol. The van der Waals surface area contributed by atoms with Gasteiger partial charge in [0, 0.05) is 27.2 Å². The fourth-order valence-corrected chi connectivity index (χ4v) is 7.12. The number of hydrogen-bond acceptors (Lipinski definition) is 1. The number of nitrogens with one attached hydrogen (secondary N) is 1. The summed E-state index contributed by atoms with van der Waals surface area (Å²) in [4.78, 5) is 0. The van der Waals surface area contributed by atoms with Crippen LogP contribution < -0.4 is 5.32 Å². The molecule has 0 saturated heterocycles. The molecule has 0 aliphatic heterocycles. The van der Waals surface area contributed by atoms with Crippen LogP contribution in [0, 0.1) is 0 Å². The van der Waals surface area contributed by atoms with Crippen LogP contribution in [0.25, 0.3) is 54.9 Å². The molecule has 43 heavy (non-hydrogen) atoms. The lowest BCUT2D eigenvalue weighted by molar-refractivity contribution is 0.660. The Balaban J connectivity index is 1.26. The van der Waals surface area contributed by atoms with E-state index in [9.17, 15) is 0 Å². The number of rotatable bonds is 4. The average molecular weight is 572 g/mol. The highest BCUT2D eigenvalue weighted by Gasteiger charge is 2.35. The van der Waals surface area contributed by atoms with Gasteiger partial charge in [-0.3, -0.25) is 0 Å². The molecule has 0 aromatic heterocycles. The molecule has 1 aliphatic carbocycles. The quantitative estimate of drug-likeness (QED) is 0.221. The summed E-state index contributed by atoms with van der Waals surface area (Å²) in [7, 11) is 0. The Morgan fingerprint density at radius 2 is 1.00 bits per heavy atom. The van der Waals surface area contributed by atoms with Crippen LogP contribution in [0.3, 0.4) is 0 Å². The maximum Gasteiger partial charge on any atom is 0.0464 e. The van der Waals surface area contributed by atoms with Gasteiger partial charge in [0.15, 0.2) is 0 Å². The molecule has 0 heterocycles. The van der Waals surface area contributed by atoms with Crippen LogP contribution in [0.1, 0.15) is 25.0 Å². The standard InChI is InChI=1S/C41H30ClN/c1-41(2)38-14-8-7-12-35(38)36-20-15-26(25-39(36)41)29-21-22-33(31-10-4-3-9-30(29)31)34-23-24-40(37-13-6-5-11-32(34)37)43-28-18-16-27(42)17-19-28/h3-25,43H,1-2H3. The first-order valence-electron chi connectivity index (χ1n) is 14.8. The Kier molecular flexibility index (Phi) is 5.93. The van der Waals surface area contributed by atoms with Crippen molar-refractivity contribution in [3.63, 3.8) is 0 Å². The first kappa shape index (κ1) is 25.8. The van der Waals surface area contributed by atoms with Gasteiger partial charge in [0.05, 0.1) is 0 Å². The predicted octanol–water partition coefficient (Wildman–Crippen LogP) is 12.0. The van der Waals surface area contributed by atoms with Crippen LogP contribution in [0.15, 0.2) is 140 Å². The Hall–Kier alpha value is -4.85. The van der Waals surface area contributed by atoms with E-state index in [-0.39, 0.29) is 5.41 Å². The second-order valence-corrected chi connectivity index (χ2v) is 12.4. The van der Waals surface area contributed by atoms with E-state index >= 15 is 0 Å². The molecule has 7 aromatic rings. The summed E-state index contributed by atoms with van der Waals surface area (Å²) in [6.07, 6.45) is 0. The Labute approximate surface area is 257 Å². The van der Waals surface area contributed by atoms with Gasteiger partial charge in [-0.05, 0) is 97.1 Å². The lowest BCUT2D eigenvalue weighted by Crippen LogP contribution is -2.14. The second kappa shape index (κ2) is 9.87.